The summed E-state index contributed by atoms with van der Waals surface area (Å²) in [6.07, 6.45) is 3.02. The van der Waals surface area contributed by atoms with Crippen LogP contribution in [0.1, 0.15) is 35.3 Å². The van der Waals surface area contributed by atoms with Crippen molar-refractivity contribution in [1.29, 1.82) is 0 Å². The van der Waals surface area contributed by atoms with E-state index >= 15 is 0 Å². The van der Waals surface area contributed by atoms with Crippen molar-refractivity contribution >= 4 is 17.0 Å². The van der Waals surface area contributed by atoms with Crippen LogP contribution < -0.4 is 5.32 Å². The highest BCUT2D eigenvalue weighted by Crippen LogP contribution is 2.33. The predicted molar refractivity (Wildman–Crippen MR) is 102 cm³/mol. The first-order valence-electron chi connectivity index (χ1n) is 9.68. The SMILES string of the molecule is Cc1noc2nc(-c3ccc(F)cc3)cc(C(=O)N3C4CCNCC3CC4)c12. The molecular formula is C21H21FN4O2. The molecule has 5 rings (SSSR count). The summed E-state index contributed by atoms with van der Waals surface area (Å²) in [6.45, 7) is 3.58. The summed E-state index contributed by atoms with van der Waals surface area (Å²) in [5, 5.41) is 8.11. The van der Waals surface area contributed by atoms with Crippen molar-refractivity contribution in [3.8, 4) is 11.3 Å². The molecule has 2 aliphatic rings. The fourth-order valence-corrected chi connectivity index (χ4v) is 4.48. The summed E-state index contributed by atoms with van der Waals surface area (Å²) >= 11 is 0. The van der Waals surface area contributed by atoms with Crippen molar-refractivity contribution in [3.63, 3.8) is 0 Å². The minimum atomic E-state index is -0.315. The van der Waals surface area contributed by atoms with Gasteiger partial charge >= 0.3 is 0 Å². The smallest absolute Gasteiger partial charge is 0.259 e. The van der Waals surface area contributed by atoms with Crippen LogP contribution in [0.5, 0.6) is 0 Å². The van der Waals surface area contributed by atoms with Crippen LogP contribution in [0.25, 0.3) is 22.4 Å². The Balaban J connectivity index is 1.64. The monoisotopic (exact) mass is 380 g/mol. The number of hydrogen-bond donors (Lipinski definition) is 1. The van der Waals surface area contributed by atoms with Crippen molar-refractivity contribution in [3.05, 3.63) is 47.4 Å². The lowest BCUT2D eigenvalue weighted by atomic mass is 10.0. The van der Waals surface area contributed by atoms with Gasteiger partial charge in [0.25, 0.3) is 11.6 Å². The summed E-state index contributed by atoms with van der Waals surface area (Å²) < 4.78 is 18.7. The maximum atomic E-state index is 13.7. The van der Waals surface area contributed by atoms with E-state index in [9.17, 15) is 9.18 Å². The molecule has 1 N–H and O–H groups in total. The molecule has 2 unspecified atom stereocenters. The number of halogens is 1. The Morgan fingerprint density at radius 1 is 1.21 bits per heavy atom. The highest BCUT2D eigenvalue weighted by atomic mass is 19.1. The molecule has 0 spiro atoms. The number of aromatic nitrogens is 2. The Hall–Kier alpha value is -2.80. The molecule has 1 amide bonds. The molecule has 144 valence electrons. The Labute approximate surface area is 161 Å². The second-order valence-corrected chi connectivity index (χ2v) is 7.60. The number of nitrogens with zero attached hydrogens (tertiary/aromatic N) is 3. The van der Waals surface area contributed by atoms with Crippen LogP contribution in [0.3, 0.4) is 0 Å². The number of amides is 1. The third kappa shape index (κ3) is 2.77. The molecule has 2 aromatic heterocycles. The van der Waals surface area contributed by atoms with Gasteiger partial charge in [0, 0.05) is 24.2 Å². The highest BCUT2D eigenvalue weighted by Gasteiger charge is 2.39. The normalized spacial score (nSPS) is 21.9. The van der Waals surface area contributed by atoms with E-state index in [2.05, 4.69) is 15.5 Å². The van der Waals surface area contributed by atoms with E-state index in [0.717, 1.165) is 37.9 Å². The lowest BCUT2D eigenvalue weighted by Crippen LogP contribution is -2.42. The molecule has 0 saturated carbocycles. The molecular weight excluding hydrogens is 359 g/mol. The zero-order valence-electron chi connectivity index (χ0n) is 15.6. The van der Waals surface area contributed by atoms with E-state index in [1.807, 2.05) is 11.8 Å². The molecule has 0 aliphatic carbocycles. The van der Waals surface area contributed by atoms with E-state index in [4.69, 9.17) is 4.52 Å². The largest absolute Gasteiger partial charge is 0.335 e. The Bertz CT molecular complexity index is 1030. The highest BCUT2D eigenvalue weighted by molar-refractivity contribution is 6.07. The van der Waals surface area contributed by atoms with Crippen LogP contribution in [0, 0.1) is 12.7 Å². The molecule has 6 nitrogen and oxygen atoms in total. The van der Waals surface area contributed by atoms with Crippen molar-refractivity contribution in [1.82, 2.24) is 20.4 Å². The van der Waals surface area contributed by atoms with Crippen LogP contribution in [0.15, 0.2) is 34.9 Å². The number of aryl methyl sites for hydroxylation is 1. The Morgan fingerprint density at radius 3 is 2.82 bits per heavy atom. The first-order valence-corrected chi connectivity index (χ1v) is 9.68. The molecule has 7 heteroatoms. The number of hydrogen-bond acceptors (Lipinski definition) is 5. The molecule has 2 saturated heterocycles. The molecule has 2 atom stereocenters. The van der Waals surface area contributed by atoms with Gasteiger partial charge in [-0.05, 0) is 63.1 Å². The van der Waals surface area contributed by atoms with Crippen LogP contribution in [-0.2, 0) is 0 Å². The van der Waals surface area contributed by atoms with Gasteiger partial charge in [0.2, 0.25) is 0 Å². The molecule has 2 bridgehead atoms. The minimum absolute atomic E-state index is 0.00161. The number of pyridine rings is 1. The second kappa shape index (κ2) is 6.67. The van der Waals surface area contributed by atoms with Gasteiger partial charge in [-0.15, -0.1) is 0 Å². The Kier molecular flexibility index (Phi) is 4.12. The third-order valence-corrected chi connectivity index (χ3v) is 5.88. The van der Waals surface area contributed by atoms with E-state index in [0.29, 0.717) is 28.1 Å². The number of carbonyl (C=O) groups is 1. The molecule has 2 fully saturated rings. The summed E-state index contributed by atoms with van der Waals surface area (Å²) in [5.74, 6) is -0.316. The lowest BCUT2D eigenvalue weighted by Gasteiger charge is -2.28. The third-order valence-electron chi connectivity index (χ3n) is 5.88. The van der Waals surface area contributed by atoms with E-state index in [1.54, 1.807) is 18.2 Å². The predicted octanol–water partition coefficient (Wildman–Crippen LogP) is 3.30. The fourth-order valence-electron chi connectivity index (χ4n) is 4.48. The van der Waals surface area contributed by atoms with Gasteiger partial charge in [0.05, 0.1) is 22.3 Å². The maximum absolute atomic E-state index is 13.7. The number of benzene rings is 1. The number of rotatable bonds is 2. The quantitative estimate of drug-likeness (QED) is 0.739. The molecule has 28 heavy (non-hydrogen) atoms. The fraction of sp³-hybridized carbons (Fsp3) is 0.381. The second-order valence-electron chi connectivity index (χ2n) is 7.60. The minimum Gasteiger partial charge on any atom is -0.335 e. The Morgan fingerprint density at radius 2 is 2.00 bits per heavy atom. The molecule has 0 radical (unpaired) electrons. The average molecular weight is 380 g/mol. The summed E-state index contributed by atoms with van der Waals surface area (Å²) in [4.78, 5) is 20.2. The van der Waals surface area contributed by atoms with Gasteiger partial charge < -0.3 is 14.7 Å². The van der Waals surface area contributed by atoms with Gasteiger partial charge in [0.15, 0.2) is 0 Å². The lowest BCUT2D eigenvalue weighted by molar-refractivity contribution is 0.0682. The molecule has 3 aromatic rings. The summed E-state index contributed by atoms with van der Waals surface area (Å²) in [5.41, 5.74) is 2.85. The first kappa shape index (κ1) is 17.3. The van der Waals surface area contributed by atoms with E-state index < -0.39 is 0 Å². The summed E-state index contributed by atoms with van der Waals surface area (Å²) in [6, 6.07) is 8.33. The van der Waals surface area contributed by atoms with Crippen LogP contribution in [-0.4, -0.2) is 46.1 Å². The van der Waals surface area contributed by atoms with Gasteiger partial charge in [0.1, 0.15) is 5.82 Å². The first-order chi connectivity index (χ1) is 13.6. The number of carbonyl (C=O) groups excluding carboxylic acids is 1. The zero-order valence-corrected chi connectivity index (χ0v) is 15.6. The average Bonchev–Trinajstić information content (AvgIpc) is 3.19. The van der Waals surface area contributed by atoms with E-state index in [-0.39, 0.29) is 23.8 Å². The number of nitrogens with one attached hydrogen (secondary N) is 1. The van der Waals surface area contributed by atoms with Gasteiger partial charge in [-0.1, -0.05) is 5.16 Å². The molecule has 2 aliphatic heterocycles. The van der Waals surface area contributed by atoms with Crippen molar-refractivity contribution in [2.24, 2.45) is 0 Å². The van der Waals surface area contributed by atoms with Crippen LogP contribution in [0.2, 0.25) is 0 Å². The van der Waals surface area contributed by atoms with Crippen molar-refractivity contribution in [2.75, 3.05) is 13.1 Å². The molecule has 1 aromatic carbocycles. The number of fused-ring (bicyclic) bond motifs is 3. The van der Waals surface area contributed by atoms with Crippen LogP contribution >= 0.6 is 0 Å². The van der Waals surface area contributed by atoms with Crippen LogP contribution in [0.4, 0.5) is 4.39 Å². The maximum Gasteiger partial charge on any atom is 0.259 e. The van der Waals surface area contributed by atoms with Gasteiger partial charge in [-0.2, -0.15) is 0 Å². The van der Waals surface area contributed by atoms with Gasteiger partial charge in [-0.25, -0.2) is 9.37 Å². The summed E-state index contributed by atoms with van der Waals surface area (Å²) in [7, 11) is 0. The van der Waals surface area contributed by atoms with Crippen molar-refractivity contribution in [2.45, 2.75) is 38.3 Å². The van der Waals surface area contributed by atoms with Crippen molar-refractivity contribution < 1.29 is 13.7 Å². The van der Waals surface area contributed by atoms with Gasteiger partial charge in [-0.3, -0.25) is 4.79 Å². The van der Waals surface area contributed by atoms with E-state index in [1.165, 1.54) is 12.1 Å². The topological polar surface area (TPSA) is 71.3 Å². The zero-order chi connectivity index (χ0) is 19.3. The molecule has 4 heterocycles. The standard InChI is InChI=1S/C21H21FN4O2/c1-12-19-17(21(27)26-15-6-7-16(26)11-23-9-8-15)10-18(24-20(19)28-25-12)13-2-4-14(22)5-3-13/h2-5,10,15-16,23H,6-9,11H2,1H3.